The van der Waals surface area contributed by atoms with Gasteiger partial charge in [-0.25, -0.2) is 0 Å². The first kappa shape index (κ1) is 20.0. The highest BCUT2D eigenvalue weighted by Gasteiger charge is 2.31. The van der Waals surface area contributed by atoms with Crippen LogP contribution in [-0.2, 0) is 16.1 Å². The number of piperazine rings is 1. The minimum absolute atomic E-state index is 0.0370. The van der Waals surface area contributed by atoms with Crippen LogP contribution in [0.5, 0.6) is 0 Å². The molecule has 0 radical (unpaired) electrons. The second kappa shape index (κ2) is 10.0. The van der Waals surface area contributed by atoms with Crippen LogP contribution in [-0.4, -0.2) is 54.1 Å². The van der Waals surface area contributed by atoms with Crippen LogP contribution in [0, 0.1) is 0 Å². The van der Waals surface area contributed by atoms with Gasteiger partial charge in [0, 0.05) is 32.8 Å². The van der Waals surface area contributed by atoms with E-state index in [0.717, 1.165) is 11.1 Å². The van der Waals surface area contributed by atoms with E-state index in [-0.39, 0.29) is 24.8 Å². The Labute approximate surface area is 165 Å². The van der Waals surface area contributed by atoms with Gasteiger partial charge in [0.15, 0.2) is 0 Å². The van der Waals surface area contributed by atoms with Gasteiger partial charge in [-0.2, -0.15) is 0 Å². The van der Waals surface area contributed by atoms with Gasteiger partial charge >= 0.3 is 0 Å². The van der Waals surface area contributed by atoms with E-state index in [1.165, 1.54) is 5.56 Å². The van der Waals surface area contributed by atoms with Crippen molar-refractivity contribution in [2.75, 3.05) is 26.2 Å². The number of carbonyl (C=O) groups excluding carboxylic acids is 2. The lowest BCUT2D eigenvalue weighted by Crippen LogP contribution is -2.56. The van der Waals surface area contributed by atoms with Gasteiger partial charge in [-0.15, -0.1) is 0 Å². The Morgan fingerprint density at radius 3 is 2.54 bits per heavy atom. The monoisotopic (exact) mass is 381 g/mol. The molecule has 1 saturated heterocycles. The van der Waals surface area contributed by atoms with Crippen molar-refractivity contribution in [2.24, 2.45) is 0 Å². The molecule has 6 nitrogen and oxygen atoms in total. The van der Waals surface area contributed by atoms with Gasteiger partial charge in [0.05, 0.1) is 12.5 Å². The number of aliphatic hydroxyl groups is 1. The molecule has 3 rings (SSSR count). The lowest BCUT2D eigenvalue weighted by atomic mass is 10.0. The maximum Gasteiger partial charge on any atom is 0.237 e. The van der Waals surface area contributed by atoms with Crippen LogP contribution in [0.4, 0.5) is 0 Å². The fraction of sp³-hybridized carbons (Fsp3) is 0.364. The summed E-state index contributed by atoms with van der Waals surface area (Å²) in [6.07, 6.45) is 0.638. The zero-order valence-corrected chi connectivity index (χ0v) is 15.9. The van der Waals surface area contributed by atoms with Crippen molar-refractivity contribution < 1.29 is 14.7 Å². The minimum atomic E-state index is -0.475. The predicted octanol–water partition coefficient (Wildman–Crippen LogP) is 1.54. The van der Waals surface area contributed by atoms with Crippen molar-refractivity contribution in [2.45, 2.75) is 25.4 Å². The third-order valence-electron chi connectivity index (χ3n) is 4.92. The summed E-state index contributed by atoms with van der Waals surface area (Å²) in [7, 11) is 0. The smallest absolute Gasteiger partial charge is 0.237 e. The predicted molar refractivity (Wildman–Crippen MR) is 108 cm³/mol. The second-order valence-corrected chi connectivity index (χ2v) is 6.97. The molecule has 0 bridgehead atoms. The van der Waals surface area contributed by atoms with Crippen LogP contribution in [0.3, 0.4) is 0 Å². The summed E-state index contributed by atoms with van der Waals surface area (Å²) in [6, 6.07) is 18.1. The molecule has 0 aliphatic carbocycles. The molecule has 1 aliphatic rings. The van der Waals surface area contributed by atoms with Gasteiger partial charge in [0.2, 0.25) is 11.8 Å². The Kier molecular flexibility index (Phi) is 7.17. The number of aliphatic hydroxyl groups excluding tert-OH is 1. The van der Waals surface area contributed by atoms with Crippen molar-refractivity contribution in [1.29, 1.82) is 0 Å². The molecule has 1 fully saturated rings. The third kappa shape index (κ3) is 5.41. The van der Waals surface area contributed by atoms with Crippen molar-refractivity contribution in [1.82, 2.24) is 15.5 Å². The van der Waals surface area contributed by atoms with Crippen LogP contribution in [0.25, 0.3) is 11.1 Å². The van der Waals surface area contributed by atoms with E-state index in [1.807, 2.05) is 18.2 Å². The van der Waals surface area contributed by atoms with Crippen LogP contribution < -0.4 is 10.6 Å². The Bertz CT molecular complexity index is 777. The zero-order valence-electron chi connectivity index (χ0n) is 15.9. The molecule has 1 unspecified atom stereocenters. The van der Waals surface area contributed by atoms with Crippen LogP contribution >= 0.6 is 0 Å². The van der Waals surface area contributed by atoms with Crippen molar-refractivity contribution in [3.63, 3.8) is 0 Å². The fourth-order valence-corrected chi connectivity index (χ4v) is 3.40. The van der Waals surface area contributed by atoms with E-state index in [0.29, 0.717) is 32.6 Å². The lowest BCUT2D eigenvalue weighted by molar-refractivity contribution is -0.134. The van der Waals surface area contributed by atoms with Crippen molar-refractivity contribution in [3.8, 4) is 11.1 Å². The highest BCUT2D eigenvalue weighted by atomic mass is 16.3. The van der Waals surface area contributed by atoms with E-state index in [4.69, 9.17) is 5.11 Å². The molecular weight excluding hydrogens is 354 g/mol. The Hall–Kier alpha value is -2.70. The molecule has 1 atom stereocenters. The molecule has 2 aromatic carbocycles. The molecule has 0 aromatic heterocycles. The Morgan fingerprint density at radius 1 is 1.11 bits per heavy atom. The van der Waals surface area contributed by atoms with E-state index < -0.39 is 6.04 Å². The molecule has 2 aromatic rings. The number of hydrogen-bond donors (Lipinski definition) is 3. The van der Waals surface area contributed by atoms with Gasteiger partial charge in [0.1, 0.15) is 0 Å². The van der Waals surface area contributed by atoms with E-state index in [2.05, 4.69) is 51.9 Å². The fourth-order valence-electron chi connectivity index (χ4n) is 3.40. The number of rotatable bonds is 8. The molecule has 28 heavy (non-hydrogen) atoms. The summed E-state index contributed by atoms with van der Waals surface area (Å²) in [4.78, 5) is 26.5. The van der Waals surface area contributed by atoms with Gasteiger partial charge in [-0.05, 0) is 23.1 Å². The summed E-state index contributed by atoms with van der Waals surface area (Å²) < 4.78 is 0. The largest absolute Gasteiger partial charge is 0.396 e. The average Bonchev–Trinajstić information content (AvgIpc) is 2.72. The number of amides is 2. The van der Waals surface area contributed by atoms with Crippen molar-refractivity contribution >= 4 is 11.8 Å². The molecule has 3 N–H and O–H groups in total. The molecule has 0 saturated carbocycles. The van der Waals surface area contributed by atoms with E-state index in [9.17, 15) is 9.59 Å². The first-order valence-electron chi connectivity index (χ1n) is 9.71. The second-order valence-electron chi connectivity index (χ2n) is 6.97. The van der Waals surface area contributed by atoms with Gasteiger partial charge in [-0.1, -0.05) is 54.6 Å². The maximum absolute atomic E-state index is 12.3. The summed E-state index contributed by atoms with van der Waals surface area (Å²) >= 11 is 0. The number of carbonyl (C=O) groups is 2. The standard InChI is InChI=1S/C22H27N3O3/c26-14-4-11-23-21(27)15-20-22(28)24-12-13-25(20)16-17-7-9-19(10-8-17)18-5-2-1-3-6-18/h1-3,5-10,20,26H,4,11-16H2,(H,23,27)(H,24,28). The highest BCUT2D eigenvalue weighted by Crippen LogP contribution is 2.21. The summed E-state index contributed by atoms with van der Waals surface area (Å²) in [6.45, 7) is 2.38. The quantitative estimate of drug-likeness (QED) is 0.606. The third-order valence-corrected chi connectivity index (χ3v) is 4.92. The van der Waals surface area contributed by atoms with E-state index in [1.54, 1.807) is 0 Å². The number of benzene rings is 2. The van der Waals surface area contributed by atoms with Crippen LogP contribution in [0.15, 0.2) is 54.6 Å². The molecule has 0 spiro atoms. The first-order chi connectivity index (χ1) is 13.7. The van der Waals surface area contributed by atoms with Gasteiger partial charge in [0.25, 0.3) is 0 Å². The molecule has 148 valence electrons. The van der Waals surface area contributed by atoms with Crippen molar-refractivity contribution in [3.05, 3.63) is 60.2 Å². The number of nitrogens with one attached hydrogen (secondary N) is 2. The normalized spacial score (nSPS) is 17.2. The maximum atomic E-state index is 12.3. The topological polar surface area (TPSA) is 81.7 Å². The Morgan fingerprint density at radius 2 is 1.82 bits per heavy atom. The summed E-state index contributed by atoms with van der Waals surface area (Å²) in [5, 5.41) is 14.4. The number of hydrogen-bond acceptors (Lipinski definition) is 4. The Balaban J connectivity index is 1.63. The zero-order chi connectivity index (χ0) is 19.8. The average molecular weight is 381 g/mol. The van der Waals surface area contributed by atoms with Gasteiger partial charge in [-0.3, -0.25) is 14.5 Å². The number of nitrogens with zero attached hydrogens (tertiary/aromatic N) is 1. The van der Waals surface area contributed by atoms with Gasteiger partial charge < -0.3 is 15.7 Å². The molecule has 6 heteroatoms. The molecule has 1 aliphatic heterocycles. The first-order valence-corrected chi connectivity index (χ1v) is 9.71. The molecular formula is C22H27N3O3. The summed E-state index contributed by atoms with van der Waals surface area (Å²) in [5.74, 6) is -0.274. The molecule has 2 amide bonds. The summed E-state index contributed by atoms with van der Waals surface area (Å²) in [5.41, 5.74) is 3.43. The van der Waals surface area contributed by atoms with Crippen LogP contribution in [0.1, 0.15) is 18.4 Å². The highest BCUT2D eigenvalue weighted by molar-refractivity contribution is 5.88. The van der Waals surface area contributed by atoms with Crippen LogP contribution in [0.2, 0.25) is 0 Å². The van der Waals surface area contributed by atoms with E-state index >= 15 is 0 Å². The SMILES string of the molecule is O=C(CC1C(=O)NCCN1Cc1ccc(-c2ccccc2)cc1)NCCCO. The molecule has 1 heterocycles. The lowest BCUT2D eigenvalue weighted by Gasteiger charge is -2.34. The minimum Gasteiger partial charge on any atom is -0.396 e.